The third-order valence-electron chi connectivity index (χ3n) is 10.2. The van der Waals surface area contributed by atoms with Gasteiger partial charge in [-0.2, -0.15) is 0 Å². The molecule has 3 N–H and O–H groups in total. The first-order valence-electron chi connectivity index (χ1n) is 22.8. The van der Waals surface area contributed by atoms with Crippen LogP contribution in [-0.2, 0) is 9.59 Å². The van der Waals surface area contributed by atoms with E-state index in [1.165, 1.54) is 167 Å². The Labute approximate surface area is 324 Å². The molecule has 306 valence electrons. The molecule has 6 heteroatoms. The van der Waals surface area contributed by atoms with Gasteiger partial charge >= 0.3 is 0 Å². The molecule has 0 saturated heterocycles. The summed E-state index contributed by atoms with van der Waals surface area (Å²) in [5.74, 6) is 0.254. The third kappa shape index (κ3) is 41.1. The van der Waals surface area contributed by atoms with Crippen LogP contribution in [0.5, 0.6) is 0 Å². The lowest BCUT2D eigenvalue weighted by atomic mass is 10.1. The molecule has 2 amide bonds. The molecule has 0 aliphatic rings. The summed E-state index contributed by atoms with van der Waals surface area (Å²) in [6.45, 7) is 8.33. The van der Waals surface area contributed by atoms with Gasteiger partial charge in [-0.05, 0) is 90.1 Å². The molecule has 0 bridgehead atoms. The molecule has 0 spiro atoms. The van der Waals surface area contributed by atoms with Crippen molar-refractivity contribution in [2.24, 2.45) is 0 Å². The monoisotopic (exact) mass is 732 g/mol. The van der Waals surface area contributed by atoms with Gasteiger partial charge in [0.1, 0.15) is 0 Å². The first kappa shape index (κ1) is 50.3. The number of nitrogens with one attached hydrogen (secondary N) is 2. The number of unbranched alkanes of at least 4 members (excludes halogenated alkanes) is 24. The lowest BCUT2D eigenvalue weighted by Crippen LogP contribution is -2.32. The van der Waals surface area contributed by atoms with E-state index in [0.717, 1.165) is 51.9 Å². The highest BCUT2D eigenvalue weighted by molar-refractivity contribution is 5.76. The molecule has 0 radical (unpaired) electrons. The van der Waals surface area contributed by atoms with Crippen LogP contribution in [0.15, 0.2) is 24.3 Å². The number of hydrogen-bond acceptors (Lipinski definition) is 4. The fraction of sp³-hybridized carbons (Fsp3) is 0.870. The molecular formula is C46H89N3O3. The molecule has 0 aromatic heterocycles. The van der Waals surface area contributed by atoms with Gasteiger partial charge in [-0.15, -0.1) is 0 Å². The van der Waals surface area contributed by atoms with Crippen LogP contribution in [0.1, 0.15) is 219 Å². The van der Waals surface area contributed by atoms with Crippen LogP contribution in [0.2, 0.25) is 0 Å². The molecule has 0 fully saturated rings. The molecule has 52 heavy (non-hydrogen) atoms. The molecular weight excluding hydrogens is 643 g/mol. The summed E-state index contributed by atoms with van der Waals surface area (Å²) >= 11 is 0. The number of hydrogen-bond donors (Lipinski definition) is 3. The number of allylic oxidation sites excluding steroid dienone is 4. The van der Waals surface area contributed by atoms with Crippen LogP contribution >= 0.6 is 0 Å². The van der Waals surface area contributed by atoms with Crippen molar-refractivity contribution in [3.63, 3.8) is 0 Å². The van der Waals surface area contributed by atoms with Crippen molar-refractivity contribution < 1.29 is 14.7 Å². The molecule has 0 heterocycles. The first-order valence-corrected chi connectivity index (χ1v) is 22.8. The summed E-state index contributed by atoms with van der Waals surface area (Å²) in [6.07, 6.45) is 48.3. The second-order valence-electron chi connectivity index (χ2n) is 15.3. The van der Waals surface area contributed by atoms with Gasteiger partial charge in [0.2, 0.25) is 11.8 Å². The Morgan fingerprint density at radius 3 is 1.06 bits per heavy atom. The molecule has 0 unspecified atom stereocenters. The van der Waals surface area contributed by atoms with Crippen LogP contribution in [0.25, 0.3) is 0 Å². The van der Waals surface area contributed by atoms with Crippen LogP contribution in [-0.4, -0.2) is 61.2 Å². The Kier molecular flexibility index (Phi) is 42.3. The zero-order chi connectivity index (χ0) is 37.8. The molecule has 0 aromatic carbocycles. The molecule has 0 saturated carbocycles. The molecule has 0 aliphatic carbocycles. The Morgan fingerprint density at radius 2 is 0.731 bits per heavy atom. The standard InChI is InChI=1S/C46H89N3O3/c1-3-5-7-9-11-13-15-17-19-21-23-25-27-29-31-33-39-47-45(51)37-35-41-49(43-44-50)42-36-38-46(52)48-40-34-32-30-28-26-24-22-20-18-16-14-12-10-8-6-4-2/h17-20,50H,3-16,21-44H2,1-2H3,(H,47,51)(H,48,52)/b19-17-,20-18-. The summed E-state index contributed by atoms with van der Waals surface area (Å²) in [6, 6.07) is 0. The predicted molar refractivity (Wildman–Crippen MR) is 227 cm³/mol. The Balaban J connectivity index is 3.59. The van der Waals surface area contributed by atoms with E-state index in [9.17, 15) is 14.7 Å². The van der Waals surface area contributed by atoms with Crippen LogP contribution in [0, 0.1) is 0 Å². The van der Waals surface area contributed by atoms with Gasteiger partial charge in [0.25, 0.3) is 0 Å². The summed E-state index contributed by atoms with van der Waals surface area (Å²) < 4.78 is 0. The van der Waals surface area contributed by atoms with Crippen molar-refractivity contribution in [1.29, 1.82) is 0 Å². The van der Waals surface area contributed by atoms with Gasteiger partial charge < -0.3 is 20.6 Å². The maximum atomic E-state index is 12.3. The number of rotatable bonds is 42. The Morgan fingerprint density at radius 1 is 0.423 bits per heavy atom. The van der Waals surface area contributed by atoms with Crippen molar-refractivity contribution in [2.45, 2.75) is 219 Å². The van der Waals surface area contributed by atoms with Crippen LogP contribution < -0.4 is 10.6 Å². The zero-order valence-corrected chi connectivity index (χ0v) is 34.9. The highest BCUT2D eigenvalue weighted by Crippen LogP contribution is 2.12. The average Bonchev–Trinajstić information content (AvgIpc) is 3.14. The van der Waals surface area contributed by atoms with Crippen LogP contribution in [0.3, 0.4) is 0 Å². The largest absolute Gasteiger partial charge is 0.395 e. The van der Waals surface area contributed by atoms with Crippen molar-refractivity contribution >= 4 is 11.8 Å². The lowest BCUT2D eigenvalue weighted by Gasteiger charge is -2.21. The van der Waals surface area contributed by atoms with Gasteiger partial charge in [0, 0.05) is 32.5 Å². The molecule has 0 rings (SSSR count). The van der Waals surface area contributed by atoms with Crippen molar-refractivity contribution in [1.82, 2.24) is 15.5 Å². The fourth-order valence-corrected chi connectivity index (χ4v) is 6.78. The topological polar surface area (TPSA) is 81.7 Å². The summed E-state index contributed by atoms with van der Waals surface area (Å²) in [5, 5.41) is 15.6. The number of carbonyl (C=O) groups is 2. The van der Waals surface area contributed by atoms with E-state index in [0.29, 0.717) is 19.4 Å². The summed E-state index contributed by atoms with van der Waals surface area (Å²) in [4.78, 5) is 26.8. The number of nitrogens with zero attached hydrogens (tertiary/aromatic N) is 1. The van der Waals surface area contributed by atoms with Gasteiger partial charge in [0.05, 0.1) is 6.61 Å². The average molecular weight is 732 g/mol. The number of carbonyl (C=O) groups excluding carboxylic acids is 2. The Bertz CT molecular complexity index is 738. The Hall–Kier alpha value is -1.66. The molecule has 0 aliphatic heterocycles. The van der Waals surface area contributed by atoms with E-state index in [2.05, 4.69) is 53.7 Å². The second-order valence-corrected chi connectivity index (χ2v) is 15.3. The molecule has 6 nitrogen and oxygen atoms in total. The maximum absolute atomic E-state index is 12.3. The minimum absolute atomic E-state index is 0.101. The summed E-state index contributed by atoms with van der Waals surface area (Å²) in [7, 11) is 0. The predicted octanol–water partition coefficient (Wildman–Crippen LogP) is 12.1. The van der Waals surface area contributed by atoms with E-state index >= 15 is 0 Å². The highest BCUT2D eigenvalue weighted by Gasteiger charge is 2.08. The van der Waals surface area contributed by atoms with Gasteiger partial charge in [-0.25, -0.2) is 0 Å². The quantitative estimate of drug-likeness (QED) is 0.0431. The highest BCUT2D eigenvalue weighted by atomic mass is 16.3. The lowest BCUT2D eigenvalue weighted by molar-refractivity contribution is -0.121. The van der Waals surface area contributed by atoms with Gasteiger partial charge in [0.15, 0.2) is 0 Å². The SMILES string of the molecule is CCCCCCCC/C=C\CCCCCCCCNC(=O)CCCN(CCO)CCCC(=O)NCCCCCCCC/C=C\CCCCCCCC. The fourth-order valence-electron chi connectivity index (χ4n) is 6.78. The van der Waals surface area contributed by atoms with E-state index < -0.39 is 0 Å². The first-order chi connectivity index (χ1) is 25.6. The normalized spacial score (nSPS) is 11.8. The smallest absolute Gasteiger partial charge is 0.220 e. The minimum Gasteiger partial charge on any atom is -0.395 e. The number of aliphatic hydroxyl groups excluding tert-OH is 1. The van der Waals surface area contributed by atoms with Gasteiger partial charge in [-0.3, -0.25) is 9.59 Å². The number of aliphatic hydroxyl groups is 1. The van der Waals surface area contributed by atoms with Crippen molar-refractivity contribution in [3.8, 4) is 0 Å². The van der Waals surface area contributed by atoms with Gasteiger partial charge in [-0.1, -0.05) is 154 Å². The summed E-state index contributed by atoms with van der Waals surface area (Å²) in [5.41, 5.74) is 0. The van der Waals surface area contributed by atoms with E-state index in [1.54, 1.807) is 0 Å². The zero-order valence-electron chi connectivity index (χ0n) is 34.9. The van der Waals surface area contributed by atoms with Crippen molar-refractivity contribution in [3.05, 3.63) is 24.3 Å². The van der Waals surface area contributed by atoms with E-state index in [-0.39, 0.29) is 18.4 Å². The molecule has 0 atom stereocenters. The van der Waals surface area contributed by atoms with Crippen LogP contribution in [0.4, 0.5) is 0 Å². The maximum Gasteiger partial charge on any atom is 0.220 e. The van der Waals surface area contributed by atoms with E-state index in [1.807, 2.05) is 0 Å². The molecule has 0 aromatic rings. The third-order valence-corrected chi connectivity index (χ3v) is 10.2. The van der Waals surface area contributed by atoms with Crippen molar-refractivity contribution in [2.75, 3.05) is 39.3 Å². The number of amides is 2. The minimum atomic E-state index is 0.101. The second kappa shape index (κ2) is 43.7. The van der Waals surface area contributed by atoms with E-state index in [4.69, 9.17) is 0 Å².